The number of hydrogen-bond donors (Lipinski definition) is 1. The minimum Gasteiger partial charge on any atom is -0.478 e. The average Bonchev–Trinajstić information content (AvgIpc) is 2.27. The van der Waals surface area contributed by atoms with Crippen LogP contribution in [0.2, 0.25) is 0 Å². The van der Waals surface area contributed by atoms with Crippen LogP contribution in [-0.4, -0.2) is 35.6 Å². The zero-order valence-electron chi connectivity index (χ0n) is 10.4. The van der Waals surface area contributed by atoms with Crippen molar-refractivity contribution in [2.45, 2.75) is 33.1 Å². The summed E-state index contributed by atoms with van der Waals surface area (Å²) in [5, 5.41) is 8.34. The fraction of sp³-hybridized carbons (Fsp3) is 0.615. The van der Waals surface area contributed by atoms with Crippen LogP contribution in [0.5, 0.6) is 0 Å². The first-order valence-electron chi connectivity index (χ1n) is 5.99. The van der Waals surface area contributed by atoms with Gasteiger partial charge in [-0.25, -0.2) is 4.79 Å². The van der Waals surface area contributed by atoms with Gasteiger partial charge in [-0.2, -0.15) is 0 Å². The summed E-state index contributed by atoms with van der Waals surface area (Å²) in [5.74, 6) is -0.897. The third-order valence-electron chi connectivity index (χ3n) is 2.48. The molecule has 0 bridgehead atoms. The fourth-order valence-electron chi connectivity index (χ4n) is 1.45. The lowest BCUT2D eigenvalue weighted by Gasteiger charge is -2.17. The molecule has 0 fully saturated rings. The zero-order valence-corrected chi connectivity index (χ0v) is 10.4. The first-order valence-corrected chi connectivity index (χ1v) is 5.99. The topological polar surface area (TPSA) is 40.5 Å². The van der Waals surface area contributed by atoms with Gasteiger partial charge < -0.3 is 10.0 Å². The van der Waals surface area contributed by atoms with Gasteiger partial charge in [-0.1, -0.05) is 32.1 Å². The first kappa shape index (κ1) is 14.9. The van der Waals surface area contributed by atoms with Crippen LogP contribution < -0.4 is 0 Å². The molecule has 0 amide bonds. The summed E-state index contributed by atoms with van der Waals surface area (Å²) in [4.78, 5) is 12.6. The summed E-state index contributed by atoms with van der Waals surface area (Å²) < 4.78 is 0. The molecule has 0 saturated heterocycles. The van der Waals surface area contributed by atoms with Gasteiger partial charge in [0, 0.05) is 6.08 Å². The van der Waals surface area contributed by atoms with Crippen molar-refractivity contribution in [3.05, 3.63) is 24.3 Å². The Morgan fingerprint density at radius 2 is 1.88 bits per heavy atom. The van der Waals surface area contributed by atoms with E-state index in [-0.39, 0.29) is 0 Å². The van der Waals surface area contributed by atoms with Gasteiger partial charge in [-0.15, -0.1) is 0 Å². The number of carbonyl (C=O) groups is 1. The van der Waals surface area contributed by atoms with Crippen LogP contribution in [0.1, 0.15) is 33.1 Å². The summed E-state index contributed by atoms with van der Waals surface area (Å²) >= 11 is 0. The average molecular weight is 225 g/mol. The number of nitrogens with zero attached hydrogens (tertiary/aromatic N) is 1. The maximum atomic E-state index is 10.1. The van der Waals surface area contributed by atoms with Crippen molar-refractivity contribution in [2.24, 2.45) is 0 Å². The number of hydrogen-bond acceptors (Lipinski definition) is 2. The SMILES string of the molecule is CCN(CC)CCCCC=CC=CC(=O)O. The smallest absolute Gasteiger partial charge is 0.328 e. The zero-order chi connectivity index (χ0) is 12.2. The molecule has 1 N–H and O–H groups in total. The van der Waals surface area contributed by atoms with Crippen molar-refractivity contribution < 1.29 is 9.90 Å². The van der Waals surface area contributed by atoms with E-state index in [0.29, 0.717) is 0 Å². The fourth-order valence-corrected chi connectivity index (χ4v) is 1.45. The molecular formula is C13H23NO2. The highest BCUT2D eigenvalue weighted by molar-refractivity contribution is 5.80. The third kappa shape index (κ3) is 9.46. The van der Waals surface area contributed by atoms with E-state index in [1.165, 1.54) is 6.42 Å². The molecule has 0 rings (SSSR count). The Bertz CT molecular complexity index is 230. The highest BCUT2D eigenvalue weighted by Gasteiger charge is 1.96. The molecule has 0 heterocycles. The number of carboxylic acid groups (broad SMARTS) is 1. The van der Waals surface area contributed by atoms with E-state index in [2.05, 4.69) is 18.7 Å². The molecule has 0 atom stereocenters. The summed E-state index contributed by atoms with van der Waals surface area (Å²) in [6.07, 6.45) is 9.90. The van der Waals surface area contributed by atoms with E-state index in [1.807, 2.05) is 6.08 Å². The maximum absolute atomic E-state index is 10.1. The molecule has 0 aromatic rings. The molecule has 0 aromatic carbocycles. The van der Waals surface area contributed by atoms with Crippen molar-refractivity contribution >= 4 is 5.97 Å². The number of rotatable bonds is 9. The molecular weight excluding hydrogens is 202 g/mol. The Labute approximate surface area is 98.5 Å². The van der Waals surface area contributed by atoms with Crippen LogP contribution in [-0.2, 0) is 4.79 Å². The molecule has 3 heteroatoms. The predicted molar refractivity (Wildman–Crippen MR) is 67.6 cm³/mol. The summed E-state index contributed by atoms with van der Waals surface area (Å²) in [6, 6.07) is 0. The Kier molecular flexibility index (Phi) is 9.72. The molecule has 16 heavy (non-hydrogen) atoms. The van der Waals surface area contributed by atoms with Gasteiger partial charge in [0.2, 0.25) is 0 Å². The summed E-state index contributed by atoms with van der Waals surface area (Å²) in [7, 11) is 0. The van der Waals surface area contributed by atoms with Crippen molar-refractivity contribution in [1.82, 2.24) is 4.90 Å². The summed E-state index contributed by atoms with van der Waals surface area (Å²) in [6.45, 7) is 7.76. The lowest BCUT2D eigenvalue weighted by Crippen LogP contribution is -2.23. The minimum absolute atomic E-state index is 0.897. The third-order valence-corrected chi connectivity index (χ3v) is 2.48. The highest BCUT2D eigenvalue weighted by atomic mass is 16.4. The van der Waals surface area contributed by atoms with E-state index in [1.54, 1.807) is 12.2 Å². The molecule has 92 valence electrons. The van der Waals surface area contributed by atoms with Crippen molar-refractivity contribution in [2.75, 3.05) is 19.6 Å². The quantitative estimate of drug-likeness (QED) is 0.372. The second kappa shape index (κ2) is 10.4. The van der Waals surface area contributed by atoms with Crippen LogP contribution in [0.4, 0.5) is 0 Å². The maximum Gasteiger partial charge on any atom is 0.328 e. The Balaban J connectivity index is 3.42. The van der Waals surface area contributed by atoms with Gasteiger partial charge in [0.05, 0.1) is 0 Å². The Morgan fingerprint density at radius 3 is 2.44 bits per heavy atom. The van der Waals surface area contributed by atoms with Crippen molar-refractivity contribution in [3.63, 3.8) is 0 Å². The highest BCUT2D eigenvalue weighted by Crippen LogP contribution is 1.99. The monoisotopic (exact) mass is 225 g/mol. The second-order valence-electron chi connectivity index (χ2n) is 3.65. The van der Waals surface area contributed by atoms with E-state index >= 15 is 0 Å². The summed E-state index contributed by atoms with van der Waals surface area (Å²) in [5.41, 5.74) is 0. The lowest BCUT2D eigenvalue weighted by atomic mass is 10.2. The molecule has 0 saturated carbocycles. The number of allylic oxidation sites excluding steroid dienone is 3. The van der Waals surface area contributed by atoms with Gasteiger partial charge >= 0.3 is 5.97 Å². The van der Waals surface area contributed by atoms with E-state index in [0.717, 1.165) is 38.6 Å². The van der Waals surface area contributed by atoms with Gasteiger partial charge in [0.1, 0.15) is 0 Å². The molecule has 0 aliphatic carbocycles. The first-order chi connectivity index (χ1) is 7.70. The number of unbranched alkanes of at least 4 members (excludes halogenated alkanes) is 2. The van der Waals surface area contributed by atoms with E-state index in [4.69, 9.17) is 5.11 Å². The molecule has 0 spiro atoms. The van der Waals surface area contributed by atoms with Crippen LogP contribution in [0.25, 0.3) is 0 Å². The van der Waals surface area contributed by atoms with Crippen molar-refractivity contribution in [3.8, 4) is 0 Å². The van der Waals surface area contributed by atoms with Gasteiger partial charge in [0.25, 0.3) is 0 Å². The van der Waals surface area contributed by atoms with Gasteiger partial charge in [-0.3, -0.25) is 0 Å². The van der Waals surface area contributed by atoms with Gasteiger partial charge in [0.15, 0.2) is 0 Å². The second-order valence-corrected chi connectivity index (χ2v) is 3.65. The molecule has 0 aliphatic rings. The van der Waals surface area contributed by atoms with Crippen molar-refractivity contribution in [1.29, 1.82) is 0 Å². The van der Waals surface area contributed by atoms with E-state index in [9.17, 15) is 4.79 Å². The van der Waals surface area contributed by atoms with Crippen LogP contribution >= 0.6 is 0 Å². The molecule has 0 radical (unpaired) electrons. The molecule has 0 aromatic heterocycles. The number of aliphatic carboxylic acids is 1. The Morgan fingerprint density at radius 1 is 1.19 bits per heavy atom. The molecule has 3 nitrogen and oxygen atoms in total. The normalized spacial score (nSPS) is 11.9. The number of carboxylic acids is 1. The standard InChI is InChI=1S/C13H23NO2/c1-3-14(4-2)12-10-8-6-5-7-9-11-13(15)16/h5,7,9,11H,3-4,6,8,10,12H2,1-2H3,(H,15,16). The molecule has 0 unspecified atom stereocenters. The predicted octanol–water partition coefficient (Wildman–Crippen LogP) is 2.70. The van der Waals surface area contributed by atoms with Crippen LogP contribution in [0.15, 0.2) is 24.3 Å². The lowest BCUT2D eigenvalue weighted by molar-refractivity contribution is -0.131. The van der Waals surface area contributed by atoms with Crippen LogP contribution in [0.3, 0.4) is 0 Å². The van der Waals surface area contributed by atoms with E-state index < -0.39 is 5.97 Å². The minimum atomic E-state index is -0.897. The van der Waals surface area contributed by atoms with Crippen LogP contribution in [0, 0.1) is 0 Å². The molecule has 0 aliphatic heterocycles. The largest absolute Gasteiger partial charge is 0.478 e. The Hall–Kier alpha value is -1.09. The van der Waals surface area contributed by atoms with Gasteiger partial charge in [-0.05, 0) is 38.9 Å².